The first kappa shape index (κ1) is 12.6. The molecule has 0 saturated carbocycles. The summed E-state index contributed by atoms with van der Waals surface area (Å²) in [5.41, 5.74) is -0.166. The number of carboxylic acid groups (broad SMARTS) is 1. The number of carbonyl (C=O) groups is 2. The Morgan fingerprint density at radius 1 is 1.50 bits per heavy atom. The predicted octanol–water partition coefficient (Wildman–Crippen LogP) is 2.77. The van der Waals surface area contributed by atoms with Gasteiger partial charge in [-0.05, 0) is 12.1 Å². The fraction of sp³-hybridized carbons (Fsp3) is 0.273. The van der Waals surface area contributed by atoms with Crippen LogP contribution in [0.15, 0.2) is 18.2 Å². The number of carbonyl (C=O) groups excluding carboxylic acids is 1. The van der Waals surface area contributed by atoms with Crippen LogP contribution in [0.3, 0.4) is 0 Å². The first-order valence-electron chi connectivity index (χ1n) is 4.63. The van der Waals surface area contributed by atoms with Crippen molar-refractivity contribution in [2.75, 3.05) is 0 Å². The fourth-order valence-corrected chi connectivity index (χ4v) is 1.49. The molecule has 1 atom stereocenters. The molecule has 0 fully saturated rings. The van der Waals surface area contributed by atoms with Gasteiger partial charge in [-0.25, -0.2) is 4.39 Å². The van der Waals surface area contributed by atoms with E-state index in [0.717, 1.165) is 0 Å². The highest BCUT2D eigenvalue weighted by Crippen LogP contribution is 2.21. The minimum Gasteiger partial charge on any atom is -0.481 e. The Balaban J connectivity index is 2.96. The molecule has 0 aromatic heterocycles. The molecule has 0 spiro atoms. The van der Waals surface area contributed by atoms with Crippen LogP contribution in [-0.4, -0.2) is 16.9 Å². The Kier molecular flexibility index (Phi) is 4.01. The Labute approximate surface area is 96.8 Å². The summed E-state index contributed by atoms with van der Waals surface area (Å²) >= 11 is 5.52. The summed E-state index contributed by atoms with van der Waals surface area (Å²) < 4.78 is 13.4. The SMILES string of the molecule is CC(CC(=O)O)C(=O)c1cccc(Cl)c1F. The number of benzene rings is 1. The number of hydrogen-bond acceptors (Lipinski definition) is 2. The van der Waals surface area contributed by atoms with E-state index in [2.05, 4.69) is 0 Å². The van der Waals surface area contributed by atoms with Crippen molar-refractivity contribution in [1.29, 1.82) is 0 Å². The zero-order valence-electron chi connectivity index (χ0n) is 8.54. The molecule has 0 radical (unpaired) electrons. The lowest BCUT2D eigenvalue weighted by Crippen LogP contribution is -2.16. The van der Waals surface area contributed by atoms with Crippen molar-refractivity contribution in [2.24, 2.45) is 5.92 Å². The molecule has 0 amide bonds. The number of halogens is 2. The van der Waals surface area contributed by atoms with E-state index in [1.165, 1.54) is 25.1 Å². The van der Waals surface area contributed by atoms with Gasteiger partial charge in [-0.2, -0.15) is 0 Å². The van der Waals surface area contributed by atoms with Crippen LogP contribution in [0.4, 0.5) is 4.39 Å². The van der Waals surface area contributed by atoms with Gasteiger partial charge in [0, 0.05) is 5.92 Å². The van der Waals surface area contributed by atoms with Crippen LogP contribution in [0.2, 0.25) is 5.02 Å². The maximum absolute atomic E-state index is 13.4. The molecule has 0 aliphatic rings. The molecule has 0 aliphatic carbocycles. The van der Waals surface area contributed by atoms with Crippen LogP contribution in [0.25, 0.3) is 0 Å². The second-order valence-electron chi connectivity index (χ2n) is 3.46. The average Bonchev–Trinajstić information content (AvgIpc) is 2.20. The lowest BCUT2D eigenvalue weighted by Gasteiger charge is -2.08. The third-order valence-electron chi connectivity index (χ3n) is 2.15. The van der Waals surface area contributed by atoms with Crippen LogP contribution in [0, 0.1) is 11.7 Å². The van der Waals surface area contributed by atoms with E-state index in [-0.39, 0.29) is 17.0 Å². The van der Waals surface area contributed by atoms with E-state index in [0.29, 0.717) is 0 Å². The van der Waals surface area contributed by atoms with Crippen molar-refractivity contribution in [3.8, 4) is 0 Å². The lowest BCUT2D eigenvalue weighted by molar-refractivity contribution is -0.137. The summed E-state index contributed by atoms with van der Waals surface area (Å²) in [5.74, 6) is -3.22. The highest BCUT2D eigenvalue weighted by atomic mass is 35.5. The topological polar surface area (TPSA) is 54.4 Å². The summed E-state index contributed by atoms with van der Waals surface area (Å²) in [5, 5.41) is 8.39. The van der Waals surface area contributed by atoms with E-state index in [4.69, 9.17) is 16.7 Å². The third-order valence-corrected chi connectivity index (χ3v) is 2.44. The Bertz CT molecular complexity index is 431. The molecule has 1 aromatic rings. The Hall–Kier alpha value is -1.42. The van der Waals surface area contributed by atoms with Crippen molar-refractivity contribution in [1.82, 2.24) is 0 Å². The molecule has 1 unspecified atom stereocenters. The summed E-state index contributed by atoms with van der Waals surface area (Å²) in [4.78, 5) is 22.1. The second-order valence-corrected chi connectivity index (χ2v) is 3.87. The summed E-state index contributed by atoms with van der Waals surface area (Å²) in [6.07, 6.45) is -0.329. The minimum absolute atomic E-state index is 0.145. The van der Waals surface area contributed by atoms with Crippen LogP contribution in [0.1, 0.15) is 23.7 Å². The molecule has 1 N–H and O–H groups in total. The number of hydrogen-bond donors (Lipinski definition) is 1. The molecule has 0 aliphatic heterocycles. The Morgan fingerprint density at radius 3 is 2.69 bits per heavy atom. The number of ketones is 1. The molecular formula is C11H10ClFO3. The first-order chi connectivity index (χ1) is 7.43. The van der Waals surface area contributed by atoms with Gasteiger partial charge in [0.1, 0.15) is 0 Å². The standard InChI is InChI=1S/C11H10ClFO3/c1-6(5-9(14)15)11(16)7-3-2-4-8(12)10(7)13/h2-4,6H,5H2,1H3,(H,14,15). The summed E-state index contributed by atoms with van der Waals surface area (Å²) in [6, 6.07) is 4.07. The van der Waals surface area contributed by atoms with E-state index >= 15 is 0 Å². The molecule has 86 valence electrons. The van der Waals surface area contributed by atoms with E-state index in [1.54, 1.807) is 0 Å². The Morgan fingerprint density at radius 2 is 2.12 bits per heavy atom. The smallest absolute Gasteiger partial charge is 0.304 e. The van der Waals surface area contributed by atoms with Gasteiger partial charge in [-0.1, -0.05) is 24.6 Å². The largest absolute Gasteiger partial charge is 0.481 e. The second kappa shape index (κ2) is 5.07. The molecule has 0 heterocycles. The highest BCUT2D eigenvalue weighted by Gasteiger charge is 2.21. The van der Waals surface area contributed by atoms with Gasteiger partial charge in [-0.15, -0.1) is 0 Å². The first-order valence-corrected chi connectivity index (χ1v) is 5.01. The van der Waals surface area contributed by atoms with Crippen LogP contribution < -0.4 is 0 Å². The van der Waals surface area contributed by atoms with Gasteiger partial charge in [0.05, 0.1) is 17.0 Å². The summed E-state index contributed by atoms with van der Waals surface area (Å²) in [6.45, 7) is 1.44. The maximum atomic E-state index is 13.4. The normalized spacial score (nSPS) is 12.2. The number of rotatable bonds is 4. The third kappa shape index (κ3) is 2.79. The molecule has 1 rings (SSSR count). The molecule has 5 heteroatoms. The van der Waals surface area contributed by atoms with E-state index in [1.807, 2.05) is 0 Å². The summed E-state index contributed by atoms with van der Waals surface area (Å²) in [7, 11) is 0. The zero-order chi connectivity index (χ0) is 12.3. The maximum Gasteiger partial charge on any atom is 0.304 e. The van der Waals surface area contributed by atoms with Crippen molar-refractivity contribution in [3.63, 3.8) is 0 Å². The molecule has 16 heavy (non-hydrogen) atoms. The van der Waals surface area contributed by atoms with Crippen molar-refractivity contribution in [2.45, 2.75) is 13.3 Å². The average molecular weight is 245 g/mol. The molecule has 3 nitrogen and oxygen atoms in total. The van der Waals surface area contributed by atoms with Crippen molar-refractivity contribution >= 4 is 23.4 Å². The molecular weight excluding hydrogens is 235 g/mol. The molecule has 0 bridgehead atoms. The fourth-order valence-electron chi connectivity index (χ4n) is 1.31. The predicted molar refractivity (Wildman–Crippen MR) is 57.2 cm³/mol. The van der Waals surface area contributed by atoms with Gasteiger partial charge < -0.3 is 5.11 Å². The molecule has 1 aromatic carbocycles. The molecule has 0 saturated heterocycles. The van der Waals surface area contributed by atoms with Gasteiger partial charge in [0.2, 0.25) is 0 Å². The van der Waals surface area contributed by atoms with E-state index in [9.17, 15) is 14.0 Å². The van der Waals surface area contributed by atoms with Crippen LogP contribution in [0.5, 0.6) is 0 Å². The van der Waals surface area contributed by atoms with Crippen LogP contribution >= 0.6 is 11.6 Å². The number of aliphatic carboxylic acids is 1. The number of Topliss-reactive ketones (excluding diaryl/α,β-unsaturated/α-hetero) is 1. The van der Waals surface area contributed by atoms with Gasteiger partial charge >= 0.3 is 5.97 Å². The highest BCUT2D eigenvalue weighted by molar-refractivity contribution is 6.31. The zero-order valence-corrected chi connectivity index (χ0v) is 9.29. The van der Waals surface area contributed by atoms with Crippen molar-refractivity contribution in [3.05, 3.63) is 34.6 Å². The quantitative estimate of drug-likeness (QED) is 0.829. The number of carboxylic acids is 1. The lowest BCUT2D eigenvalue weighted by atomic mass is 9.96. The van der Waals surface area contributed by atoms with Crippen molar-refractivity contribution < 1.29 is 19.1 Å². The van der Waals surface area contributed by atoms with Gasteiger partial charge in [0.15, 0.2) is 11.6 Å². The minimum atomic E-state index is -1.09. The van der Waals surface area contributed by atoms with Gasteiger partial charge in [0.25, 0.3) is 0 Å². The van der Waals surface area contributed by atoms with E-state index < -0.39 is 23.5 Å². The monoisotopic (exact) mass is 244 g/mol. The van der Waals surface area contributed by atoms with Crippen LogP contribution in [-0.2, 0) is 4.79 Å². The van der Waals surface area contributed by atoms with Gasteiger partial charge in [-0.3, -0.25) is 9.59 Å².